The van der Waals surface area contributed by atoms with Gasteiger partial charge in [-0.2, -0.15) is 0 Å². The van der Waals surface area contributed by atoms with E-state index in [4.69, 9.17) is 14.2 Å². The van der Waals surface area contributed by atoms with Crippen LogP contribution in [0.15, 0.2) is 48.5 Å². The average Bonchev–Trinajstić information content (AvgIpc) is 2.67. The van der Waals surface area contributed by atoms with Crippen LogP contribution < -0.4 is 14.8 Å². The van der Waals surface area contributed by atoms with Crippen molar-refractivity contribution in [2.75, 3.05) is 19.0 Å². The van der Waals surface area contributed by atoms with Gasteiger partial charge in [0.15, 0.2) is 12.7 Å². The summed E-state index contributed by atoms with van der Waals surface area (Å²) in [6, 6.07) is 13.2. The van der Waals surface area contributed by atoms with Crippen molar-refractivity contribution >= 4 is 23.9 Å². The highest BCUT2D eigenvalue weighted by Crippen LogP contribution is 2.23. The highest BCUT2D eigenvalue weighted by atomic mass is 16.6. The molecule has 2 rings (SSSR count). The van der Waals surface area contributed by atoms with Gasteiger partial charge in [-0.05, 0) is 43.3 Å². The first-order valence-electron chi connectivity index (χ1n) is 7.85. The van der Waals surface area contributed by atoms with Crippen LogP contribution in [0.25, 0.3) is 0 Å². The molecule has 2 aromatic carbocycles. The Morgan fingerprint density at radius 2 is 1.81 bits per heavy atom. The molecular formula is C19H19NO6. The zero-order valence-corrected chi connectivity index (χ0v) is 14.4. The van der Waals surface area contributed by atoms with Crippen LogP contribution in [0.3, 0.4) is 0 Å². The number of benzene rings is 2. The van der Waals surface area contributed by atoms with E-state index in [1.54, 1.807) is 48.5 Å². The van der Waals surface area contributed by atoms with E-state index in [2.05, 4.69) is 5.32 Å². The molecule has 0 saturated carbocycles. The predicted molar refractivity (Wildman–Crippen MR) is 94.5 cm³/mol. The monoisotopic (exact) mass is 357 g/mol. The fraction of sp³-hybridized carbons (Fsp3) is 0.211. The third kappa shape index (κ3) is 5.34. The molecule has 0 unspecified atom stereocenters. The maximum absolute atomic E-state index is 12.1. The van der Waals surface area contributed by atoms with Crippen LogP contribution in [0.2, 0.25) is 0 Å². The number of ether oxygens (including phenoxy) is 3. The van der Waals surface area contributed by atoms with E-state index >= 15 is 0 Å². The van der Waals surface area contributed by atoms with Gasteiger partial charge in [-0.1, -0.05) is 12.1 Å². The Kier molecular flexibility index (Phi) is 6.73. The second-order valence-corrected chi connectivity index (χ2v) is 5.30. The van der Waals surface area contributed by atoms with Crippen LogP contribution in [-0.4, -0.2) is 38.0 Å². The fourth-order valence-corrected chi connectivity index (χ4v) is 2.05. The van der Waals surface area contributed by atoms with Crippen molar-refractivity contribution in [2.45, 2.75) is 13.0 Å². The summed E-state index contributed by atoms with van der Waals surface area (Å²) in [6.45, 7) is 1.11. The summed E-state index contributed by atoms with van der Waals surface area (Å²) in [6.07, 6.45) is -0.298. The van der Waals surface area contributed by atoms with E-state index in [0.29, 0.717) is 29.0 Å². The van der Waals surface area contributed by atoms with Crippen molar-refractivity contribution in [1.29, 1.82) is 0 Å². The van der Waals surface area contributed by atoms with Crippen molar-refractivity contribution in [3.63, 3.8) is 0 Å². The van der Waals surface area contributed by atoms with E-state index < -0.39 is 18.0 Å². The number of esters is 1. The van der Waals surface area contributed by atoms with Crippen molar-refractivity contribution < 1.29 is 28.6 Å². The van der Waals surface area contributed by atoms with E-state index in [1.165, 1.54) is 14.0 Å². The summed E-state index contributed by atoms with van der Waals surface area (Å²) in [5, 5.41) is 2.64. The standard InChI is InChI=1S/C19H19NO6/c1-13(19(23)20-16-5-3-4-6-17(16)24-2)26-18(22)12-25-15-9-7-14(11-21)8-10-15/h3-11,13H,12H2,1-2H3,(H,20,23)/t13-/m0/s1. The minimum Gasteiger partial charge on any atom is -0.495 e. The largest absolute Gasteiger partial charge is 0.495 e. The van der Waals surface area contributed by atoms with Crippen LogP contribution in [0.5, 0.6) is 11.5 Å². The smallest absolute Gasteiger partial charge is 0.344 e. The quantitative estimate of drug-likeness (QED) is 0.576. The van der Waals surface area contributed by atoms with Crippen LogP contribution in [0.1, 0.15) is 17.3 Å². The lowest BCUT2D eigenvalue weighted by Gasteiger charge is -2.15. The summed E-state index contributed by atoms with van der Waals surface area (Å²) in [7, 11) is 1.49. The number of methoxy groups -OCH3 is 1. The second kappa shape index (κ2) is 9.22. The maximum Gasteiger partial charge on any atom is 0.344 e. The van der Waals surface area contributed by atoms with E-state index in [1.807, 2.05) is 0 Å². The number of hydrogen-bond donors (Lipinski definition) is 1. The molecule has 0 aliphatic carbocycles. The Hall–Kier alpha value is -3.35. The van der Waals surface area contributed by atoms with Crippen molar-refractivity contribution in [2.24, 2.45) is 0 Å². The molecule has 2 aromatic rings. The molecule has 0 spiro atoms. The maximum atomic E-state index is 12.1. The van der Waals surface area contributed by atoms with Gasteiger partial charge in [0.2, 0.25) is 0 Å². The van der Waals surface area contributed by atoms with Gasteiger partial charge >= 0.3 is 5.97 Å². The number of nitrogens with one attached hydrogen (secondary N) is 1. The molecule has 26 heavy (non-hydrogen) atoms. The lowest BCUT2D eigenvalue weighted by molar-refractivity contribution is -0.155. The van der Waals surface area contributed by atoms with Crippen molar-refractivity contribution in [3.05, 3.63) is 54.1 Å². The summed E-state index contributed by atoms with van der Waals surface area (Å²) in [5.74, 6) is -0.259. The third-order valence-electron chi connectivity index (χ3n) is 3.42. The topological polar surface area (TPSA) is 90.9 Å². The van der Waals surface area contributed by atoms with Gasteiger partial charge in [-0.25, -0.2) is 4.79 Å². The number of anilines is 1. The highest BCUT2D eigenvalue weighted by Gasteiger charge is 2.19. The van der Waals surface area contributed by atoms with Gasteiger partial charge in [0.1, 0.15) is 17.8 Å². The second-order valence-electron chi connectivity index (χ2n) is 5.30. The molecule has 1 amide bonds. The number of amides is 1. The Bertz CT molecular complexity index is 772. The Morgan fingerprint density at radius 3 is 2.46 bits per heavy atom. The molecule has 0 aliphatic heterocycles. The van der Waals surface area contributed by atoms with Gasteiger partial charge < -0.3 is 19.5 Å². The zero-order chi connectivity index (χ0) is 18.9. The fourth-order valence-electron chi connectivity index (χ4n) is 2.05. The van der Waals surface area contributed by atoms with Crippen LogP contribution in [-0.2, 0) is 14.3 Å². The predicted octanol–water partition coefficient (Wildman–Crippen LogP) is 2.46. The summed E-state index contributed by atoms with van der Waals surface area (Å²) < 4.78 is 15.5. The van der Waals surface area contributed by atoms with Crippen LogP contribution >= 0.6 is 0 Å². The SMILES string of the molecule is COc1ccccc1NC(=O)[C@H](C)OC(=O)COc1ccc(C=O)cc1. The molecule has 0 radical (unpaired) electrons. The van der Waals surface area contributed by atoms with Crippen LogP contribution in [0.4, 0.5) is 5.69 Å². The first kappa shape index (κ1) is 19.0. The molecule has 0 aromatic heterocycles. The van der Waals surface area contributed by atoms with Crippen molar-refractivity contribution in [3.8, 4) is 11.5 Å². The molecule has 0 bridgehead atoms. The molecule has 0 saturated heterocycles. The molecule has 1 atom stereocenters. The lowest BCUT2D eigenvalue weighted by atomic mass is 10.2. The van der Waals surface area contributed by atoms with Crippen LogP contribution in [0, 0.1) is 0 Å². The molecule has 136 valence electrons. The number of rotatable bonds is 8. The van der Waals surface area contributed by atoms with Gasteiger partial charge in [0.05, 0.1) is 12.8 Å². The summed E-state index contributed by atoms with van der Waals surface area (Å²) in [5.41, 5.74) is 0.982. The molecule has 0 heterocycles. The first-order valence-corrected chi connectivity index (χ1v) is 7.85. The van der Waals surface area contributed by atoms with Gasteiger partial charge in [-0.15, -0.1) is 0 Å². The van der Waals surface area contributed by atoms with E-state index in [9.17, 15) is 14.4 Å². The third-order valence-corrected chi connectivity index (χ3v) is 3.42. The number of carbonyl (C=O) groups is 3. The first-order chi connectivity index (χ1) is 12.5. The van der Waals surface area contributed by atoms with E-state index in [0.717, 1.165) is 0 Å². The minimum absolute atomic E-state index is 0.354. The Labute approximate surface area is 150 Å². The zero-order valence-electron chi connectivity index (χ0n) is 14.4. The molecule has 1 N–H and O–H groups in total. The molecule has 7 heteroatoms. The number of para-hydroxylation sites is 2. The normalized spacial score (nSPS) is 11.2. The number of hydrogen-bond acceptors (Lipinski definition) is 6. The van der Waals surface area contributed by atoms with E-state index in [-0.39, 0.29) is 6.61 Å². The number of aldehydes is 1. The Balaban J connectivity index is 1.83. The minimum atomic E-state index is -1.01. The summed E-state index contributed by atoms with van der Waals surface area (Å²) >= 11 is 0. The molecular weight excluding hydrogens is 338 g/mol. The van der Waals surface area contributed by atoms with Crippen molar-refractivity contribution in [1.82, 2.24) is 0 Å². The average molecular weight is 357 g/mol. The molecule has 0 fully saturated rings. The number of carbonyl (C=O) groups excluding carboxylic acids is 3. The highest BCUT2D eigenvalue weighted by molar-refractivity contribution is 5.96. The van der Waals surface area contributed by atoms with Gasteiger partial charge in [0.25, 0.3) is 5.91 Å². The Morgan fingerprint density at radius 1 is 1.12 bits per heavy atom. The van der Waals surface area contributed by atoms with Gasteiger partial charge in [-0.3, -0.25) is 9.59 Å². The van der Waals surface area contributed by atoms with Gasteiger partial charge in [0, 0.05) is 5.56 Å². The molecule has 7 nitrogen and oxygen atoms in total. The summed E-state index contributed by atoms with van der Waals surface area (Å²) in [4.78, 5) is 34.5. The molecule has 0 aliphatic rings. The lowest BCUT2D eigenvalue weighted by Crippen LogP contribution is -2.31.